The van der Waals surface area contributed by atoms with Gasteiger partial charge in [-0.2, -0.15) is 0 Å². The van der Waals surface area contributed by atoms with Gasteiger partial charge >= 0.3 is 0 Å². The van der Waals surface area contributed by atoms with E-state index in [1.807, 2.05) is 54.9 Å². The Labute approximate surface area is 200 Å². The lowest BCUT2D eigenvalue weighted by Crippen LogP contribution is -2.42. The molecule has 5 nitrogen and oxygen atoms in total. The molecule has 2 saturated heterocycles. The molecule has 0 spiro atoms. The van der Waals surface area contributed by atoms with Crippen LogP contribution in [-0.2, 0) is 0 Å². The zero-order valence-corrected chi connectivity index (χ0v) is 19.2. The lowest BCUT2D eigenvalue weighted by molar-refractivity contribution is 0.126. The predicted molar refractivity (Wildman–Crippen MR) is 132 cm³/mol. The van der Waals surface area contributed by atoms with Crippen molar-refractivity contribution in [1.82, 2.24) is 14.9 Å². The van der Waals surface area contributed by atoms with Crippen LogP contribution >= 0.6 is 11.6 Å². The highest BCUT2D eigenvalue weighted by atomic mass is 35.5. The lowest BCUT2D eigenvalue weighted by atomic mass is 10.1. The Bertz CT molecular complexity index is 1140. The third kappa shape index (κ3) is 5.04. The zero-order chi connectivity index (χ0) is 22.6. The van der Waals surface area contributed by atoms with Crippen molar-refractivity contribution in [3.05, 3.63) is 77.2 Å². The van der Waals surface area contributed by atoms with Crippen LogP contribution < -0.4 is 4.90 Å². The summed E-state index contributed by atoms with van der Waals surface area (Å²) in [7, 11) is 0. The fraction of sp³-hybridized carbons (Fsp3) is 0.333. The highest BCUT2D eigenvalue weighted by molar-refractivity contribution is 6.30. The molecule has 2 atom stereocenters. The van der Waals surface area contributed by atoms with Crippen molar-refractivity contribution in [2.45, 2.75) is 31.3 Å². The highest BCUT2D eigenvalue weighted by Gasteiger charge is 2.34. The number of aliphatic hydroxyl groups is 1. The molecule has 33 heavy (non-hydrogen) atoms. The fourth-order valence-electron chi connectivity index (χ4n) is 4.82. The number of aromatic nitrogens is 2. The SMILES string of the molecule is OC[C@@H]1CCCN1[C@H]1CCN(c2ccc(C#Cc3ccc(-c4ccc(Cl)cc4)cn3)cn2)C1. The second-order valence-electron chi connectivity index (χ2n) is 8.70. The van der Waals surface area contributed by atoms with Crippen LogP contribution in [0, 0.1) is 11.8 Å². The number of aliphatic hydroxyl groups excluding tert-OH is 1. The maximum atomic E-state index is 9.63. The first-order valence-corrected chi connectivity index (χ1v) is 11.9. The van der Waals surface area contributed by atoms with Crippen LogP contribution in [-0.4, -0.2) is 58.3 Å². The van der Waals surface area contributed by atoms with Gasteiger partial charge in [-0.1, -0.05) is 35.7 Å². The first kappa shape index (κ1) is 21.9. The van der Waals surface area contributed by atoms with Crippen molar-refractivity contribution < 1.29 is 5.11 Å². The molecule has 0 aliphatic carbocycles. The standard InChI is InChI=1S/C27H27ClN4O/c28-23-8-5-21(6-9-23)22-7-11-24(29-17-22)10-3-20-4-12-27(30-16-20)31-15-13-25(18-31)32-14-1-2-26(32)19-33/h4-9,11-12,16-17,25-26,33H,1-2,13-15,18-19H2/t25-,26-/m0/s1. The van der Waals surface area contributed by atoms with E-state index in [1.165, 1.54) is 6.42 Å². The zero-order valence-electron chi connectivity index (χ0n) is 18.5. The maximum absolute atomic E-state index is 9.63. The minimum absolute atomic E-state index is 0.265. The van der Waals surface area contributed by atoms with Crippen molar-refractivity contribution in [1.29, 1.82) is 0 Å². The Morgan fingerprint density at radius 2 is 1.76 bits per heavy atom. The second kappa shape index (κ2) is 9.93. The molecule has 6 heteroatoms. The van der Waals surface area contributed by atoms with Gasteiger partial charge in [0, 0.05) is 53.7 Å². The molecule has 0 radical (unpaired) electrons. The van der Waals surface area contributed by atoms with Crippen molar-refractivity contribution in [3.63, 3.8) is 0 Å². The number of nitrogens with zero attached hydrogens (tertiary/aromatic N) is 4. The molecule has 2 aliphatic rings. The van der Waals surface area contributed by atoms with E-state index in [4.69, 9.17) is 11.6 Å². The number of rotatable bonds is 4. The quantitative estimate of drug-likeness (QED) is 0.593. The van der Waals surface area contributed by atoms with Crippen LogP contribution in [0.15, 0.2) is 60.9 Å². The third-order valence-electron chi connectivity index (χ3n) is 6.61. The van der Waals surface area contributed by atoms with E-state index in [9.17, 15) is 5.11 Å². The van der Waals surface area contributed by atoms with Gasteiger partial charge in [0.05, 0.1) is 6.61 Å². The number of anilines is 1. The van der Waals surface area contributed by atoms with Crippen LogP contribution in [0.3, 0.4) is 0 Å². The van der Waals surface area contributed by atoms with Gasteiger partial charge in [0.25, 0.3) is 0 Å². The molecule has 1 aromatic carbocycles. The Hall–Kier alpha value is -2.91. The van der Waals surface area contributed by atoms with E-state index >= 15 is 0 Å². The molecule has 0 bridgehead atoms. The fourth-order valence-corrected chi connectivity index (χ4v) is 4.95. The monoisotopic (exact) mass is 458 g/mol. The van der Waals surface area contributed by atoms with Crippen LogP contribution in [0.4, 0.5) is 5.82 Å². The maximum Gasteiger partial charge on any atom is 0.128 e. The van der Waals surface area contributed by atoms with E-state index in [-0.39, 0.29) is 6.61 Å². The van der Waals surface area contributed by atoms with Crippen LogP contribution in [0.5, 0.6) is 0 Å². The third-order valence-corrected chi connectivity index (χ3v) is 6.87. The number of halogens is 1. The van der Waals surface area contributed by atoms with Crippen molar-refractivity contribution in [2.75, 3.05) is 31.1 Å². The van der Waals surface area contributed by atoms with Crippen molar-refractivity contribution in [3.8, 4) is 23.0 Å². The Morgan fingerprint density at radius 3 is 2.48 bits per heavy atom. The first-order valence-electron chi connectivity index (χ1n) is 11.5. The van der Waals surface area contributed by atoms with E-state index in [0.29, 0.717) is 12.1 Å². The van der Waals surface area contributed by atoms with Crippen LogP contribution in [0.25, 0.3) is 11.1 Å². The van der Waals surface area contributed by atoms with Crippen LogP contribution in [0.2, 0.25) is 5.02 Å². The minimum atomic E-state index is 0.265. The summed E-state index contributed by atoms with van der Waals surface area (Å²) in [6.07, 6.45) is 7.09. The summed E-state index contributed by atoms with van der Waals surface area (Å²) in [5.74, 6) is 7.29. The lowest BCUT2D eigenvalue weighted by Gasteiger charge is -2.29. The molecule has 2 aliphatic heterocycles. The summed E-state index contributed by atoms with van der Waals surface area (Å²) < 4.78 is 0. The minimum Gasteiger partial charge on any atom is -0.395 e. The molecule has 0 amide bonds. The Balaban J connectivity index is 1.21. The summed E-state index contributed by atoms with van der Waals surface area (Å²) in [6, 6.07) is 16.6. The van der Waals surface area contributed by atoms with Gasteiger partial charge in [0.1, 0.15) is 11.5 Å². The number of pyridine rings is 2. The van der Waals surface area contributed by atoms with Gasteiger partial charge in [-0.25, -0.2) is 9.97 Å². The summed E-state index contributed by atoms with van der Waals surface area (Å²) in [6.45, 7) is 3.33. The number of hydrogen-bond acceptors (Lipinski definition) is 5. The highest BCUT2D eigenvalue weighted by Crippen LogP contribution is 2.27. The molecule has 1 N–H and O–H groups in total. The second-order valence-corrected chi connectivity index (χ2v) is 9.14. The summed E-state index contributed by atoms with van der Waals surface area (Å²) in [4.78, 5) is 14.0. The summed E-state index contributed by atoms with van der Waals surface area (Å²) in [5.41, 5.74) is 3.71. The van der Waals surface area contributed by atoms with Gasteiger partial charge in [0.2, 0.25) is 0 Å². The van der Waals surface area contributed by atoms with Crippen molar-refractivity contribution in [2.24, 2.45) is 0 Å². The van der Waals surface area contributed by atoms with Gasteiger partial charge in [-0.15, -0.1) is 0 Å². The smallest absolute Gasteiger partial charge is 0.128 e. The van der Waals surface area contributed by atoms with Gasteiger partial charge in [-0.05, 0) is 67.6 Å². The molecular formula is C27H27ClN4O. The van der Waals surface area contributed by atoms with E-state index < -0.39 is 0 Å². The average Bonchev–Trinajstić information content (AvgIpc) is 3.53. The Kier molecular flexibility index (Phi) is 6.59. The molecule has 2 fully saturated rings. The molecule has 0 saturated carbocycles. The average molecular weight is 459 g/mol. The summed E-state index contributed by atoms with van der Waals surface area (Å²) in [5, 5.41) is 10.4. The molecule has 3 aromatic rings. The van der Waals surface area contributed by atoms with Crippen LogP contribution in [0.1, 0.15) is 30.5 Å². The molecule has 4 heterocycles. The molecule has 5 rings (SSSR count). The van der Waals surface area contributed by atoms with Gasteiger partial charge in [-0.3, -0.25) is 4.90 Å². The number of likely N-dealkylation sites (tertiary alicyclic amines) is 1. The van der Waals surface area contributed by atoms with Crippen molar-refractivity contribution >= 4 is 17.4 Å². The topological polar surface area (TPSA) is 52.5 Å². The largest absolute Gasteiger partial charge is 0.395 e. The summed E-state index contributed by atoms with van der Waals surface area (Å²) >= 11 is 5.96. The van der Waals surface area contributed by atoms with Gasteiger partial charge < -0.3 is 10.0 Å². The molecule has 168 valence electrons. The molecular weight excluding hydrogens is 432 g/mol. The predicted octanol–water partition coefficient (Wildman–Crippen LogP) is 4.23. The first-order chi connectivity index (χ1) is 16.2. The Morgan fingerprint density at radius 1 is 0.909 bits per heavy atom. The van der Waals surface area contributed by atoms with E-state index in [1.54, 1.807) is 0 Å². The number of hydrogen-bond donors (Lipinski definition) is 1. The molecule has 2 aromatic heterocycles. The molecule has 0 unspecified atom stereocenters. The van der Waals surface area contributed by atoms with E-state index in [2.05, 4.69) is 37.7 Å². The van der Waals surface area contributed by atoms with Gasteiger partial charge in [0.15, 0.2) is 0 Å². The number of benzene rings is 1. The van der Waals surface area contributed by atoms with E-state index in [0.717, 1.165) is 65.7 Å². The normalized spacial score (nSPS) is 20.6.